The van der Waals surface area contributed by atoms with E-state index >= 15 is 0 Å². The Balaban J connectivity index is 3.76. The van der Waals surface area contributed by atoms with Crippen LogP contribution in [0.4, 0.5) is 0 Å². The summed E-state index contributed by atoms with van der Waals surface area (Å²) < 4.78 is 22.1. The van der Waals surface area contributed by atoms with Gasteiger partial charge in [0.05, 0.1) is 33.0 Å². The molecule has 0 rings (SSSR count). The summed E-state index contributed by atoms with van der Waals surface area (Å²) in [6.07, 6.45) is 16.5. The van der Waals surface area contributed by atoms with Crippen LogP contribution in [0.2, 0.25) is 0 Å². The van der Waals surface area contributed by atoms with Crippen molar-refractivity contribution in [3.8, 4) is 0 Å². The minimum atomic E-state index is -0.0846. The third-order valence-corrected chi connectivity index (χ3v) is 5.78. The standard InChI is InChI=1S/C28H56O5/c1-5-7-9-11-12-14-17-27(16-13-10-8-6-2)25-33-28(29)18-15-19-30-20-21-31-22-23-32-24-26(3)4/h26-27H,5-25H2,1-4H3. The number of esters is 1. The number of unbranched alkanes of at least 4 members (excludes halogenated alkanes) is 8. The first-order valence-electron chi connectivity index (χ1n) is 14.0. The van der Waals surface area contributed by atoms with Crippen LogP contribution in [0.15, 0.2) is 0 Å². The van der Waals surface area contributed by atoms with Crippen LogP contribution in [-0.4, -0.2) is 52.2 Å². The van der Waals surface area contributed by atoms with E-state index in [1.54, 1.807) is 0 Å². The third-order valence-electron chi connectivity index (χ3n) is 5.78. The Morgan fingerprint density at radius 2 is 1.12 bits per heavy atom. The van der Waals surface area contributed by atoms with Gasteiger partial charge in [0, 0.05) is 19.6 Å². The molecule has 0 amide bonds. The van der Waals surface area contributed by atoms with Crippen LogP contribution >= 0.6 is 0 Å². The predicted molar refractivity (Wildman–Crippen MR) is 138 cm³/mol. The van der Waals surface area contributed by atoms with Gasteiger partial charge in [0.1, 0.15) is 0 Å². The van der Waals surface area contributed by atoms with E-state index in [0.29, 0.717) is 64.3 Å². The summed E-state index contributed by atoms with van der Waals surface area (Å²) >= 11 is 0. The summed E-state index contributed by atoms with van der Waals surface area (Å²) in [5.74, 6) is 0.991. The molecule has 0 aliphatic carbocycles. The number of carbonyl (C=O) groups excluding carboxylic acids is 1. The van der Waals surface area contributed by atoms with Gasteiger partial charge < -0.3 is 18.9 Å². The first-order chi connectivity index (χ1) is 16.1. The highest BCUT2D eigenvalue weighted by Crippen LogP contribution is 2.19. The summed E-state index contributed by atoms with van der Waals surface area (Å²) in [5.41, 5.74) is 0. The Bertz CT molecular complexity index is 400. The molecule has 0 N–H and O–H groups in total. The topological polar surface area (TPSA) is 54.0 Å². The van der Waals surface area contributed by atoms with Crippen molar-refractivity contribution in [3.63, 3.8) is 0 Å². The van der Waals surface area contributed by atoms with Crippen LogP contribution in [0.5, 0.6) is 0 Å². The van der Waals surface area contributed by atoms with Crippen molar-refractivity contribution in [2.75, 3.05) is 46.2 Å². The number of carbonyl (C=O) groups is 1. The van der Waals surface area contributed by atoms with E-state index in [2.05, 4.69) is 27.7 Å². The minimum Gasteiger partial charge on any atom is -0.465 e. The van der Waals surface area contributed by atoms with Crippen molar-refractivity contribution in [1.29, 1.82) is 0 Å². The molecule has 0 fully saturated rings. The normalized spacial score (nSPS) is 12.4. The third kappa shape index (κ3) is 25.8. The van der Waals surface area contributed by atoms with Gasteiger partial charge >= 0.3 is 5.97 Å². The molecule has 0 bridgehead atoms. The van der Waals surface area contributed by atoms with E-state index in [9.17, 15) is 4.79 Å². The molecular formula is C28H56O5. The number of hydrogen-bond acceptors (Lipinski definition) is 5. The quantitative estimate of drug-likeness (QED) is 0.0972. The fourth-order valence-corrected chi connectivity index (χ4v) is 3.74. The Kier molecular flexibility index (Phi) is 25.5. The molecule has 0 heterocycles. The molecule has 5 nitrogen and oxygen atoms in total. The van der Waals surface area contributed by atoms with Crippen LogP contribution in [-0.2, 0) is 23.7 Å². The van der Waals surface area contributed by atoms with E-state index in [-0.39, 0.29) is 5.97 Å². The van der Waals surface area contributed by atoms with Crippen LogP contribution < -0.4 is 0 Å². The lowest BCUT2D eigenvalue weighted by atomic mass is 9.95. The Hall–Kier alpha value is -0.650. The predicted octanol–water partition coefficient (Wildman–Crippen LogP) is 7.35. The van der Waals surface area contributed by atoms with E-state index in [4.69, 9.17) is 18.9 Å². The molecule has 1 atom stereocenters. The molecule has 1 unspecified atom stereocenters. The van der Waals surface area contributed by atoms with Gasteiger partial charge in [-0.05, 0) is 31.1 Å². The van der Waals surface area contributed by atoms with Crippen molar-refractivity contribution in [1.82, 2.24) is 0 Å². The van der Waals surface area contributed by atoms with Gasteiger partial charge in [-0.2, -0.15) is 0 Å². The van der Waals surface area contributed by atoms with Crippen LogP contribution in [0.25, 0.3) is 0 Å². The number of hydrogen-bond donors (Lipinski definition) is 0. The monoisotopic (exact) mass is 472 g/mol. The average molecular weight is 473 g/mol. The zero-order valence-corrected chi connectivity index (χ0v) is 22.5. The summed E-state index contributed by atoms with van der Waals surface area (Å²) in [4.78, 5) is 12.1. The van der Waals surface area contributed by atoms with E-state index in [0.717, 1.165) is 6.61 Å². The van der Waals surface area contributed by atoms with Gasteiger partial charge in [0.15, 0.2) is 0 Å². The fourth-order valence-electron chi connectivity index (χ4n) is 3.74. The molecular weight excluding hydrogens is 416 g/mol. The van der Waals surface area contributed by atoms with Gasteiger partial charge in [-0.1, -0.05) is 91.9 Å². The molecule has 33 heavy (non-hydrogen) atoms. The van der Waals surface area contributed by atoms with Gasteiger partial charge in [0.2, 0.25) is 0 Å². The lowest BCUT2D eigenvalue weighted by Gasteiger charge is -2.17. The summed E-state index contributed by atoms with van der Waals surface area (Å²) in [6, 6.07) is 0. The second kappa shape index (κ2) is 26.0. The van der Waals surface area contributed by atoms with Crippen LogP contribution in [0, 0.1) is 11.8 Å². The van der Waals surface area contributed by atoms with Crippen molar-refractivity contribution in [2.45, 2.75) is 118 Å². The summed E-state index contributed by atoms with van der Waals surface area (Å²) in [6.45, 7) is 13.0. The first-order valence-corrected chi connectivity index (χ1v) is 14.0. The highest BCUT2D eigenvalue weighted by molar-refractivity contribution is 5.69. The SMILES string of the molecule is CCCCCCCCC(CCCCCC)COC(=O)CCCOCCOCCOCC(C)C. The maximum absolute atomic E-state index is 12.1. The van der Waals surface area contributed by atoms with E-state index < -0.39 is 0 Å². The lowest BCUT2D eigenvalue weighted by molar-refractivity contribution is -0.145. The molecule has 0 aromatic carbocycles. The molecule has 198 valence electrons. The minimum absolute atomic E-state index is 0.0846. The molecule has 0 aliphatic rings. The second-order valence-corrected chi connectivity index (χ2v) is 9.75. The largest absolute Gasteiger partial charge is 0.465 e. The van der Waals surface area contributed by atoms with Crippen LogP contribution in [0.3, 0.4) is 0 Å². The smallest absolute Gasteiger partial charge is 0.305 e. The van der Waals surface area contributed by atoms with Gasteiger partial charge in [0.25, 0.3) is 0 Å². The number of ether oxygens (including phenoxy) is 4. The molecule has 0 aliphatic heterocycles. The van der Waals surface area contributed by atoms with Gasteiger partial charge in [-0.25, -0.2) is 0 Å². The molecule has 0 radical (unpaired) electrons. The summed E-state index contributed by atoms with van der Waals surface area (Å²) in [7, 11) is 0. The zero-order valence-electron chi connectivity index (χ0n) is 22.5. The molecule has 0 spiro atoms. The average Bonchev–Trinajstić information content (AvgIpc) is 2.80. The Labute approximate surface area is 205 Å². The highest BCUT2D eigenvalue weighted by atomic mass is 16.5. The number of rotatable bonds is 26. The maximum Gasteiger partial charge on any atom is 0.305 e. The van der Waals surface area contributed by atoms with Crippen molar-refractivity contribution < 1.29 is 23.7 Å². The van der Waals surface area contributed by atoms with E-state index in [1.807, 2.05) is 0 Å². The Morgan fingerprint density at radius 3 is 1.73 bits per heavy atom. The molecule has 0 aromatic heterocycles. The molecule has 0 saturated carbocycles. The van der Waals surface area contributed by atoms with Crippen molar-refractivity contribution >= 4 is 5.97 Å². The fraction of sp³-hybridized carbons (Fsp3) is 0.964. The van der Waals surface area contributed by atoms with Crippen molar-refractivity contribution in [2.24, 2.45) is 11.8 Å². The summed E-state index contributed by atoms with van der Waals surface area (Å²) in [5, 5.41) is 0. The Morgan fingerprint density at radius 1 is 0.606 bits per heavy atom. The van der Waals surface area contributed by atoms with Gasteiger partial charge in [-0.15, -0.1) is 0 Å². The molecule has 0 aromatic rings. The van der Waals surface area contributed by atoms with E-state index in [1.165, 1.54) is 77.0 Å². The maximum atomic E-state index is 12.1. The molecule has 5 heteroatoms. The molecule has 0 saturated heterocycles. The second-order valence-electron chi connectivity index (χ2n) is 9.75. The van der Waals surface area contributed by atoms with Crippen LogP contribution in [0.1, 0.15) is 118 Å². The van der Waals surface area contributed by atoms with Gasteiger partial charge in [-0.3, -0.25) is 4.79 Å². The zero-order chi connectivity index (χ0) is 24.4. The van der Waals surface area contributed by atoms with Crippen molar-refractivity contribution in [3.05, 3.63) is 0 Å². The first kappa shape index (κ1) is 32.4. The highest BCUT2D eigenvalue weighted by Gasteiger charge is 2.12. The lowest BCUT2D eigenvalue weighted by Crippen LogP contribution is -2.15.